The molecule has 1 aromatic rings. The molecule has 0 saturated carbocycles. The number of aromatic nitrogens is 1. The van der Waals surface area contributed by atoms with Crippen molar-refractivity contribution in [1.82, 2.24) is 4.98 Å². The summed E-state index contributed by atoms with van der Waals surface area (Å²) in [4.78, 5) is 6.51. The van der Waals surface area contributed by atoms with E-state index in [0.29, 0.717) is 5.75 Å². The minimum atomic E-state index is -3.10. The van der Waals surface area contributed by atoms with Crippen LogP contribution in [0.4, 0.5) is 11.6 Å². The van der Waals surface area contributed by atoms with Gasteiger partial charge in [-0.25, -0.2) is 13.4 Å². The largest absolute Gasteiger partial charge is 0.370 e. The Labute approximate surface area is 131 Å². The lowest BCUT2D eigenvalue weighted by Crippen LogP contribution is -2.48. The summed E-state index contributed by atoms with van der Waals surface area (Å²) in [6, 6.07) is 5.74. The highest BCUT2D eigenvalue weighted by Crippen LogP contribution is 2.26. The Morgan fingerprint density at radius 2 is 2.24 bits per heavy atom. The standard InChI is InChI=1S/C14H23N3O2S2/c1-3-8-15-12-6-5-7-13(16-12)17-9-10-20-11-14(17)21(18,19)4-2/h5-7,14H,3-4,8-11H2,1-2H3,(H,15,16). The van der Waals surface area contributed by atoms with E-state index >= 15 is 0 Å². The van der Waals surface area contributed by atoms with Crippen LogP contribution >= 0.6 is 11.8 Å². The molecule has 0 bridgehead atoms. The maximum atomic E-state index is 12.3. The van der Waals surface area contributed by atoms with Crippen molar-refractivity contribution in [2.24, 2.45) is 0 Å². The number of hydrogen-bond donors (Lipinski definition) is 1. The number of anilines is 2. The first kappa shape index (κ1) is 16.4. The average molecular weight is 329 g/mol. The molecule has 0 radical (unpaired) electrons. The summed E-state index contributed by atoms with van der Waals surface area (Å²) in [5, 5.41) is 2.79. The number of pyridine rings is 1. The maximum Gasteiger partial charge on any atom is 0.171 e. The molecule has 7 heteroatoms. The SMILES string of the molecule is CCCNc1cccc(N2CCSCC2S(=O)(=O)CC)n1. The number of rotatable bonds is 6. The lowest BCUT2D eigenvalue weighted by Gasteiger charge is -2.35. The second-order valence-electron chi connectivity index (χ2n) is 4.98. The highest BCUT2D eigenvalue weighted by molar-refractivity contribution is 8.01. The van der Waals surface area contributed by atoms with Gasteiger partial charge in [0, 0.05) is 30.3 Å². The molecule has 118 valence electrons. The lowest BCUT2D eigenvalue weighted by molar-refractivity contribution is 0.579. The van der Waals surface area contributed by atoms with E-state index in [1.54, 1.807) is 18.7 Å². The van der Waals surface area contributed by atoms with E-state index in [-0.39, 0.29) is 5.75 Å². The first-order valence-electron chi connectivity index (χ1n) is 7.35. The van der Waals surface area contributed by atoms with E-state index in [1.165, 1.54) is 0 Å². The van der Waals surface area contributed by atoms with Gasteiger partial charge in [-0.2, -0.15) is 11.8 Å². The molecule has 5 nitrogen and oxygen atoms in total. The van der Waals surface area contributed by atoms with Crippen LogP contribution in [0, 0.1) is 0 Å². The molecule has 1 saturated heterocycles. The first-order chi connectivity index (χ1) is 10.1. The van der Waals surface area contributed by atoms with Crippen molar-refractivity contribution in [3.8, 4) is 0 Å². The molecule has 1 unspecified atom stereocenters. The fraction of sp³-hybridized carbons (Fsp3) is 0.643. The molecule has 21 heavy (non-hydrogen) atoms. The van der Waals surface area contributed by atoms with E-state index in [1.807, 2.05) is 23.1 Å². The molecule has 2 rings (SSSR count). The van der Waals surface area contributed by atoms with E-state index < -0.39 is 15.2 Å². The summed E-state index contributed by atoms with van der Waals surface area (Å²) in [6.07, 6.45) is 1.03. The van der Waals surface area contributed by atoms with Gasteiger partial charge in [0.05, 0.1) is 0 Å². The van der Waals surface area contributed by atoms with E-state index in [0.717, 1.165) is 36.9 Å². The van der Waals surface area contributed by atoms with Crippen molar-refractivity contribution in [3.05, 3.63) is 18.2 Å². The van der Waals surface area contributed by atoms with Crippen LogP contribution in [0.25, 0.3) is 0 Å². The molecule has 1 aromatic heterocycles. The molecular weight excluding hydrogens is 306 g/mol. The van der Waals surface area contributed by atoms with Crippen molar-refractivity contribution in [3.63, 3.8) is 0 Å². The van der Waals surface area contributed by atoms with Crippen LogP contribution in [0.2, 0.25) is 0 Å². The molecule has 2 heterocycles. The van der Waals surface area contributed by atoms with Gasteiger partial charge >= 0.3 is 0 Å². The fourth-order valence-electron chi connectivity index (χ4n) is 2.27. The number of sulfone groups is 1. The molecule has 0 aromatic carbocycles. The van der Waals surface area contributed by atoms with Gasteiger partial charge in [-0.3, -0.25) is 0 Å². The predicted molar refractivity (Wildman–Crippen MR) is 90.9 cm³/mol. The summed E-state index contributed by atoms with van der Waals surface area (Å²) in [5.41, 5.74) is 0. The minimum absolute atomic E-state index is 0.169. The quantitative estimate of drug-likeness (QED) is 0.863. The monoisotopic (exact) mass is 329 g/mol. The van der Waals surface area contributed by atoms with Gasteiger partial charge in [-0.05, 0) is 18.6 Å². The van der Waals surface area contributed by atoms with Crippen molar-refractivity contribution >= 4 is 33.2 Å². The van der Waals surface area contributed by atoms with Gasteiger partial charge in [-0.15, -0.1) is 0 Å². The second-order valence-corrected chi connectivity index (χ2v) is 8.58. The third-order valence-electron chi connectivity index (χ3n) is 3.49. The summed E-state index contributed by atoms with van der Waals surface area (Å²) in [6.45, 7) is 5.39. The summed E-state index contributed by atoms with van der Waals surface area (Å²) >= 11 is 1.70. The summed E-state index contributed by atoms with van der Waals surface area (Å²) in [7, 11) is -3.10. The number of thioether (sulfide) groups is 1. The fourth-order valence-corrected chi connectivity index (χ4v) is 5.25. The Morgan fingerprint density at radius 3 is 2.95 bits per heavy atom. The first-order valence-corrected chi connectivity index (χ1v) is 10.2. The van der Waals surface area contributed by atoms with Gasteiger partial charge < -0.3 is 10.2 Å². The van der Waals surface area contributed by atoms with E-state index in [2.05, 4.69) is 17.2 Å². The highest BCUT2D eigenvalue weighted by Gasteiger charge is 2.33. The molecule has 1 fully saturated rings. The molecule has 0 aliphatic carbocycles. The minimum Gasteiger partial charge on any atom is -0.370 e. The van der Waals surface area contributed by atoms with Gasteiger partial charge in [0.25, 0.3) is 0 Å². The highest BCUT2D eigenvalue weighted by atomic mass is 32.2. The van der Waals surface area contributed by atoms with Crippen LogP contribution in [0.1, 0.15) is 20.3 Å². The zero-order valence-electron chi connectivity index (χ0n) is 12.6. The summed E-state index contributed by atoms with van der Waals surface area (Å²) < 4.78 is 24.6. The molecule has 1 aliphatic heterocycles. The molecule has 0 amide bonds. The maximum absolute atomic E-state index is 12.3. The van der Waals surface area contributed by atoms with Gasteiger partial charge in [0.15, 0.2) is 9.84 Å². The van der Waals surface area contributed by atoms with Crippen LogP contribution in [-0.2, 0) is 9.84 Å². The molecule has 1 aliphatic rings. The predicted octanol–water partition coefficient (Wildman–Crippen LogP) is 2.22. The zero-order chi connectivity index (χ0) is 15.3. The number of nitrogens with one attached hydrogen (secondary N) is 1. The Bertz CT molecular complexity index is 563. The summed E-state index contributed by atoms with van der Waals surface area (Å²) in [5.74, 6) is 3.27. The van der Waals surface area contributed by atoms with Crippen molar-refractivity contribution in [2.75, 3.05) is 40.6 Å². The normalized spacial score (nSPS) is 19.5. The van der Waals surface area contributed by atoms with Crippen LogP contribution in [-0.4, -0.2) is 49.1 Å². The third kappa shape index (κ3) is 4.03. The Balaban J connectivity index is 2.25. The Kier molecular flexibility index (Phi) is 5.75. The third-order valence-corrected chi connectivity index (χ3v) is 6.77. The van der Waals surface area contributed by atoms with Gasteiger partial charge in [0.2, 0.25) is 0 Å². The molecule has 1 atom stereocenters. The van der Waals surface area contributed by atoms with Gasteiger partial charge in [0.1, 0.15) is 17.0 Å². The molecular formula is C14H23N3O2S2. The van der Waals surface area contributed by atoms with Crippen LogP contribution in [0.15, 0.2) is 18.2 Å². The van der Waals surface area contributed by atoms with Gasteiger partial charge in [-0.1, -0.05) is 19.9 Å². The van der Waals surface area contributed by atoms with Crippen LogP contribution in [0.5, 0.6) is 0 Å². The Morgan fingerprint density at radius 1 is 1.43 bits per heavy atom. The average Bonchev–Trinajstić information content (AvgIpc) is 2.53. The lowest BCUT2D eigenvalue weighted by atomic mass is 10.3. The van der Waals surface area contributed by atoms with E-state index in [4.69, 9.17) is 0 Å². The smallest absolute Gasteiger partial charge is 0.171 e. The van der Waals surface area contributed by atoms with Crippen molar-refractivity contribution in [2.45, 2.75) is 25.6 Å². The Hall–Kier alpha value is -0.950. The van der Waals surface area contributed by atoms with Crippen LogP contribution < -0.4 is 10.2 Å². The molecule has 0 spiro atoms. The number of nitrogens with zero attached hydrogens (tertiary/aromatic N) is 2. The topological polar surface area (TPSA) is 62.3 Å². The molecule has 1 N–H and O–H groups in total. The van der Waals surface area contributed by atoms with Crippen LogP contribution in [0.3, 0.4) is 0 Å². The van der Waals surface area contributed by atoms with Crippen molar-refractivity contribution < 1.29 is 8.42 Å². The second kappa shape index (κ2) is 7.35. The number of hydrogen-bond acceptors (Lipinski definition) is 6. The zero-order valence-corrected chi connectivity index (χ0v) is 14.2. The van der Waals surface area contributed by atoms with Crippen molar-refractivity contribution in [1.29, 1.82) is 0 Å². The van der Waals surface area contributed by atoms with E-state index in [9.17, 15) is 8.42 Å².